The van der Waals surface area contributed by atoms with Crippen molar-refractivity contribution in [3.63, 3.8) is 0 Å². The predicted molar refractivity (Wildman–Crippen MR) is 80.1 cm³/mol. The van der Waals surface area contributed by atoms with E-state index < -0.39 is 0 Å². The summed E-state index contributed by atoms with van der Waals surface area (Å²) in [7, 11) is 1.79. The van der Waals surface area contributed by atoms with Crippen molar-refractivity contribution in [2.45, 2.75) is 59.5 Å². The maximum atomic E-state index is 5.25. The molecule has 0 aromatic rings. The van der Waals surface area contributed by atoms with E-state index in [0.29, 0.717) is 18.0 Å². The molecule has 110 valence electrons. The molecule has 3 nitrogen and oxygen atoms in total. The molecule has 0 aliphatic heterocycles. The maximum absolute atomic E-state index is 5.25. The van der Waals surface area contributed by atoms with Gasteiger partial charge in [0.15, 0.2) is 0 Å². The lowest BCUT2D eigenvalue weighted by atomic mass is 10.0. The highest BCUT2D eigenvalue weighted by Gasteiger charge is 2.21. The molecule has 18 heavy (non-hydrogen) atoms. The Morgan fingerprint density at radius 3 is 2.11 bits per heavy atom. The number of hydrogen-bond acceptors (Lipinski definition) is 3. The quantitative estimate of drug-likeness (QED) is 0.617. The minimum atomic E-state index is 0.576. The first-order valence-electron chi connectivity index (χ1n) is 7.56. The van der Waals surface area contributed by atoms with Crippen LogP contribution in [0.2, 0.25) is 0 Å². The third-order valence-electron chi connectivity index (χ3n) is 3.74. The molecule has 0 amide bonds. The zero-order valence-corrected chi connectivity index (χ0v) is 13.3. The van der Waals surface area contributed by atoms with Crippen LogP contribution in [-0.2, 0) is 4.74 Å². The summed E-state index contributed by atoms with van der Waals surface area (Å²) in [6.45, 7) is 15.4. The zero-order valence-electron chi connectivity index (χ0n) is 13.3. The third kappa shape index (κ3) is 6.72. The minimum Gasteiger partial charge on any atom is -0.383 e. The van der Waals surface area contributed by atoms with Crippen molar-refractivity contribution in [3.8, 4) is 0 Å². The summed E-state index contributed by atoms with van der Waals surface area (Å²) in [5, 5.41) is 3.61. The molecule has 1 N–H and O–H groups in total. The van der Waals surface area contributed by atoms with Gasteiger partial charge in [0.2, 0.25) is 0 Å². The number of ether oxygens (including phenoxy) is 1. The summed E-state index contributed by atoms with van der Waals surface area (Å²) >= 11 is 0. The summed E-state index contributed by atoms with van der Waals surface area (Å²) in [6.07, 6.45) is 2.44. The van der Waals surface area contributed by atoms with E-state index in [0.717, 1.165) is 26.2 Å². The average molecular weight is 258 g/mol. The van der Waals surface area contributed by atoms with Crippen molar-refractivity contribution in [2.24, 2.45) is 5.92 Å². The van der Waals surface area contributed by atoms with Crippen molar-refractivity contribution in [1.82, 2.24) is 10.2 Å². The molecule has 0 bridgehead atoms. The molecule has 0 fully saturated rings. The highest BCUT2D eigenvalue weighted by Crippen LogP contribution is 2.12. The van der Waals surface area contributed by atoms with Gasteiger partial charge in [0.05, 0.1) is 6.61 Å². The number of nitrogens with one attached hydrogen (secondary N) is 1. The second kappa shape index (κ2) is 10.8. The van der Waals surface area contributed by atoms with E-state index in [2.05, 4.69) is 44.8 Å². The normalized spacial score (nSPS) is 13.8. The van der Waals surface area contributed by atoms with Crippen LogP contribution in [0.25, 0.3) is 0 Å². The van der Waals surface area contributed by atoms with Gasteiger partial charge in [-0.2, -0.15) is 0 Å². The molecule has 0 spiro atoms. The van der Waals surface area contributed by atoms with Gasteiger partial charge in [0, 0.05) is 32.3 Å². The van der Waals surface area contributed by atoms with E-state index in [4.69, 9.17) is 4.74 Å². The maximum Gasteiger partial charge on any atom is 0.0589 e. The minimum absolute atomic E-state index is 0.576. The Morgan fingerprint density at radius 1 is 1.11 bits per heavy atom. The van der Waals surface area contributed by atoms with Crippen molar-refractivity contribution in [3.05, 3.63) is 0 Å². The van der Waals surface area contributed by atoms with Crippen LogP contribution in [0.4, 0.5) is 0 Å². The summed E-state index contributed by atoms with van der Waals surface area (Å²) in [6, 6.07) is 1.26. The first kappa shape index (κ1) is 17.9. The summed E-state index contributed by atoms with van der Waals surface area (Å²) in [5.74, 6) is 0.671. The highest BCUT2D eigenvalue weighted by molar-refractivity contribution is 4.78. The first-order chi connectivity index (χ1) is 8.60. The average Bonchev–Trinajstić information content (AvgIpc) is 2.35. The Labute approximate surface area is 114 Å². The van der Waals surface area contributed by atoms with Gasteiger partial charge in [-0.1, -0.05) is 34.6 Å². The number of rotatable bonds is 11. The van der Waals surface area contributed by atoms with Crippen LogP contribution in [0.3, 0.4) is 0 Å². The van der Waals surface area contributed by atoms with Crippen molar-refractivity contribution < 1.29 is 4.74 Å². The molecule has 0 aliphatic carbocycles. The molecule has 0 saturated carbocycles. The number of hydrogen-bond donors (Lipinski definition) is 1. The van der Waals surface area contributed by atoms with Gasteiger partial charge in [-0.05, 0) is 25.3 Å². The van der Waals surface area contributed by atoms with E-state index in [-0.39, 0.29) is 0 Å². The summed E-state index contributed by atoms with van der Waals surface area (Å²) < 4.78 is 5.25. The van der Waals surface area contributed by atoms with Crippen LogP contribution in [0.1, 0.15) is 47.5 Å². The molecule has 0 aromatic carbocycles. The fourth-order valence-electron chi connectivity index (χ4n) is 2.46. The Morgan fingerprint density at radius 2 is 1.72 bits per heavy atom. The number of nitrogens with zero attached hydrogens (tertiary/aromatic N) is 1. The molecule has 0 heterocycles. The van der Waals surface area contributed by atoms with Gasteiger partial charge in [-0.25, -0.2) is 0 Å². The molecule has 0 aliphatic rings. The lowest BCUT2D eigenvalue weighted by Gasteiger charge is -2.35. The number of methoxy groups -OCH3 is 1. The molecular weight excluding hydrogens is 224 g/mol. The van der Waals surface area contributed by atoms with Crippen LogP contribution >= 0.6 is 0 Å². The van der Waals surface area contributed by atoms with E-state index in [1.165, 1.54) is 12.8 Å². The summed E-state index contributed by atoms with van der Waals surface area (Å²) in [5.41, 5.74) is 0. The standard InChI is InChI=1S/C15H34N2O/c1-7-14(8-2)17(10-11-18-6)12-15(13(4)5)16-9-3/h13-16H,7-12H2,1-6H3. The fraction of sp³-hybridized carbons (Fsp3) is 1.00. The van der Waals surface area contributed by atoms with Crippen molar-refractivity contribution in [2.75, 3.05) is 33.4 Å². The second-order valence-electron chi connectivity index (χ2n) is 5.37. The van der Waals surface area contributed by atoms with E-state index in [1.807, 2.05) is 0 Å². The van der Waals surface area contributed by atoms with Gasteiger partial charge in [0.25, 0.3) is 0 Å². The Kier molecular flexibility index (Phi) is 10.7. The SMILES string of the molecule is CCNC(CN(CCOC)C(CC)CC)C(C)C. The van der Waals surface area contributed by atoms with Crippen molar-refractivity contribution in [1.29, 1.82) is 0 Å². The van der Waals surface area contributed by atoms with E-state index in [1.54, 1.807) is 7.11 Å². The first-order valence-corrected chi connectivity index (χ1v) is 7.56. The smallest absolute Gasteiger partial charge is 0.0589 e. The van der Waals surface area contributed by atoms with E-state index >= 15 is 0 Å². The molecule has 1 atom stereocenters. The second-order valence-corrected chi connectivity index (χ2v) is 5.37. The lowest BCUT2D eigenvalue weighted by Crippen LogP contribution is -2.48. The lowest BCUT2D eigenvalue weighted by molar-refractivity contribution is 0.101. The van der Waals surface area contributed by atoms with Gasteiger partial charge in [-0.15, -0.1) is 0 Å². The Bertz CT molecular complexity index is 181. The zero-order chi connectivity index (χ0) is 14.0. The fourth-order valence-corrected chi connectivity index (χ4v) is 2.46. The van der Waals surface area contributed by atoms with Gasteiger partial charge in [0.1, 0.15) is 0 Å². The van der Waals surface area contributed by atoms with Crippen LogP contribution in [0.5, 0.6) is 0 Å². The number of likely N-dealkylation sites (N-methyl/N-ethyl adjacent to an activating group) is 1. The van der Waals surface area contributed by atoms with Crippen LogP contribution < -0.4 is 5.32 Å². The Hall–Kier alpha value is -0.120. The predicted octanol–water partition coefficient (Wildman–Crippen LogP) is 2.76. The van der Waals surface area contributed by atoms with Gasteiger partial charge >= 0.3 is 0 Å². The van der Waals surface area contributed by atoms with Crippen LogP contribution in [0.15, 0.2) is 0 Å². The highest BCUT2D eigenvalue weighted by atomic mass is 16.5. The summed E-state index contributed by atoms with van der Waals surface area (Å²) in [4.78, 5) is 2.59. The molecule has 1 unspecified atom stereocenters. The molecular formula is C15H34N2O. The van der Waals surface area contributed by atoms with Crippen LogP contribution in [0, 0.1) is 5.92 Å². The monoisotopic (exact) mass is 258 g/mol. The largest absolute Gasteiger partial charge is 0.383 e. The van der Waals surface area contributed by atoms with Gasteiger partial charge in [-0.3, -0.25) is 4.90 Å². The molecule has 0 aromatic heterocycles. The van der Waals surface area contributed by atoms with Crippen molar-refractivity contribution >= 4 is 0 Å². The molecule has 0 saturated heterocycles. The van der Waals surface area contributed by atoms with Gasteiger partial charge < -0.3 is 10.1 Å². The third-order valence-corrected chi connectivity index (χ3v) is 3.74. The van der Waals surface area contributed by atoms with E-state index in [9.17, 15) is 0 Å². The van der Waals surface area contributed by atoms with Crippen LogP contribution in [-0.4, -0.2) is 50.3 Å². The molecule has 0 radical (unpaired) electrons. The Balaban J connectivity index is 4.51. The topological polar surface area (TPSA) is 24.5 Å². The molecule has 3 heteroatoms. The molecule has 0 rings (SSSR count).